The van der Waals surface area contributed by atoms with Crippen molar-refractivity contribution >= 4 is 28.9 Å². The SMILES string of the molecule is CC(=O)Nc1cccc(N[C@@H](C(=O)Nc2ccc(F)cc2)c2ccccc2)c1. The standard InChI is InChI=1S/C22H20FN3O2/c1-15(27)24-19-8-5-9-20(14-19)25-21(16-6-3-2-4-7-16)22(28)26-18-12-10-17(23)11-13-18/h2-14,21,25H,1H3,(H,24,27)(H,26,28)/t21-/m1/s1. The molecule has 0 saturated carbocycles. The van der Waals surface area contributed by atoms with E-state index in [-0.39, 0.29) is 17.6 Å². The van der Waals surface area contributed by atoms with E-state index in [1.165, 1.54) is 31.2 Å². The fourth-order valence-electron chi connectivity index (χ4n) is 2.75. The third kappa shape index (κ3) is 5.17. The van der Waals surface area contributed by atoms with Gasteiger partial charge in [-0.3, -0.25) is 9.59 Å². The number of nitrogens with one attached hydrogen (secondary N) is 3. The lowest BCUT2D eigenvalue weighted by Gasteiger charge is -2.20. The number of hydrogen-bond acceptors (Lipinski definition) is 3. The van der Waals surface area contributed by atoms with Crippen LogP contribution < -0.4 is 16.0 Å². The summed E-state index contributed by atoms with van der Waals surface area (Å²) in [4.78, 5) is 24.2. The Kier molecular flexibility index (Phi) is 6.01. The molecule has 142 valence electrons. The van der Waals surface area contributed by atoms with Gasteiger partial charge in [0.1, 0.15) is 11.9 Å². The van der Waals surface area contributed by atoms with Crippen LogP contribution in [0.15, 0.2) is 78.9 Å². The molecule has 0 saturated heterocycles. The number of hydrogen-bond donors (Lipinski definition) is 3. The number of carbonyl (C=O) groups is 2. The molecule has 3 aromatic rings. The minimum atomic E-state index is -0.682. The topological polar surface area (TPSA) is 70.2 Å². The van der Waals surface area contributed by atoms with Crippen LogP contribution in [-0.4, -0.2) is 11.8 Å². The van der Waals surface area contributed by atoms with Gasteiger partial charge in [-0.1, -0.05) is 36.4 Å². The fourth-order valence-corrected chi connectivity index (χ4v) is 2.75. The predicted molar refractivity (Wildman–Crippen MR) is 109 cm³/mol. The molecule has 0 aliphatic heterocycles. The van der Waals surface area contributed by atoms with Gasteiger partial charge in [0.05, 0.1) is 0 Å². The first-order chi connectivity index (χ1) is 13.5. The van der Waals surface area contributed by atoms with E-state index in [4.69, 9.17) is 0 Å². The Bertz CT molecular complexity index is 959. The number of carbonyl (C=O) groups excluding carboxylic acids is 2. The largest absolute Gasteiger partial charge is 0.370 e. The third-order valence-corrected chi connectivity index (χ3v) is 4.00. The molecular weight excluding hydrogens is 357 g/mol. The van der Waals surface area contributed by atoms with Crippen molar-refractivity contribution in [3.63, 3.8) is 0 Å². The van der Waals surface area contributed by atoms with E-state index >= 15 is 0 Å². The van der Waals surface area contributed by atoms with Crippen LogP contribution in [0.2, 0.25) is 0 Å². The average Bonchev–Trinajstić information content (AvgIpc) is 2.68. The van der Waals surface area contributed by atoms with Crippen molar-refractivity contribution in [1.29, 1.82) is 0 Å². The molecule has 5 nitrogen and oxygen atoms in total. The van der Waals surface area contributed by atoms with Crippen molar-refractivity contribution in [1.82, 2.24) is 0 Å². The summed E-state index contributed by atoms with van der Waals surface area (Å²) in [5.41, 5.74) is 2.57. The number of halogens is 1. The first-order valence-corrected chi connectivity index (χ1v) is 8.77. The maximum atomic E-state index is 13.1. The Labute approximate surface area is 162 Å². The van der Waals surface area contributed by atoms with Crippen LogP contribution in [0.25, 0.3) is 0 Å². The highest BCUT2D eigenvalue weighted by atomic mass is 19.1. The Morgan fingerprint density at radius 3 is 2.14 bits per heavy atom. The van der Waals surface area contributed by atoms with Crippen LogP contribution in [-0.2, 0) is 9.59 Å². The maximum Gasteiger partial charge on any atom is 0.251 e. The molecule has 0 heterocycles. The molecule has 0 bridgehead atoms. The van der Waals surface area contributed by atoms with Crippen LogP contribution >= 0.6 is 0 Å². The van der Waals surface area contributed by atoms with Crippen LogP contribution in [0, 0.1) is 5.82 Å². The molecule has 0 spiro atoms. The van der Waals surface area contributed by atoms with Crippen molar-refractivity contribution in [3.05, 3.63) is 90.2 Å². The van der Waals surface area contributed by atoms with Gasteiger partial charge in [-0.2, -0.15) is 0 Å². The molecule has 1 atom stereocenters. The molecule has 0 aliphatic rings. The summed E-state index contributed by atoms with van der Waals surface area (Å²) in [5.74, 6) is -0.834. The summed E-state index contributed by atoms with van der Waals surface area (Å²) in [6.45, 7) is 1.43. The molecule has 0 aliphatic carbocycles. The summed E-state index contributed by atoms with van der Waals surface area (Å²) in [6, 6.07) is 21.3. The summed E-state index contributed by atoms with van der Waals surface area (Å²) < 4.78 is 13.1. The normalized spacial score (nSPS) is 11.4. The summed E-state index contributed by atoms with van der Waals surface area (Å²) in [7, 11) is 0. The van der Waals surface area contributed by atoms with Gasteiger partial charge in [-0.15, -0.1) is 0 Å². The van der Waals surface area contributed by atoms with Crippen LogP contribution in [0.1, 0.15) is 18.5 Å². The van der Waals surface area contributed by atoms with Crippen molar-refractivity contribution in [2.75, 3.05) is 16.0 Å². The minimum absolute atomic E-state index is 0.175. The zero-order chi connectivity index (χ0) is 19.9. The van der Waals surface area contributed by atoms with Gasteiger partial charge in [-0.05, 0) is 48.0 Å². The Morgan fingerprint density at radius 2 is 1.46 bits per heavy atom. The number of benzene rings is 3. The van der Waals surface area contributed by atoms with Crippen molar-refractivity contribution in [3.8, 4) is 0 Å². The lowest BCUT2D eigenvalue weighted by Crippen LogP contribution is -2.27. The first kappa shape index (κ1) is 19.1. The van der Waals surface area contributed by atoms with Gasteiger partial charge in [0.2, 0.25) is 5.91 Å². The lowest BCUT2D eigenvalue weighted by atomic mass is 10.1. The van der Waals surface area contributed by atoms with E-state index < -0.39 is 6.04 Å². The monoisotopic (exact) mass is 377 g/mol. The lowest BCUT2D eigenvalue weighted by molar-refractivity contribution is -0.117. The van der Waals surface area contributed by atoms with Crippen LogP contribution in [0.3, 0.4) is 0 Å². The molecule has 3 N–H and O–H groups in total. The highest BCUT2D eigenvalue weighted by molar-refractivity contribution is 5.97. The zero-order valence-corrected chi connectivity index (χ0v) is 15.3. The summed E-state index contributed by atoms with van der Waals surface area (Å²) >= 11 is 0. The predicted octanol–water partition coefficient (Wildman–Crippen LogP) is 4.58. The van der Waals surface area contributed by atoms with Crippen molar-refractivity contribution in [2.24, 2.45) is 0 Å². The quantitative estimate of drug-likeness (QED) is 0.589. The van der Waals surface area contributed by atoms with E-state index in [1.807, 2.05) is 36.4 Å². The molecule has 0 radical (unpaired) electrons. The molecule has 3 aromatic carbocycles. The van der Waals surface area contributed by atoms with Crippen LogP contribution in [0.5, 0.6) is 0 Å². The van der Waals surface area contributed by atoms with Gasteiger partial charge in [0.15, 0.2) is 0 Å². The van der Waals surface area contributed by atoms with E-state index in [1.54, 1.807) is 18.2 Å². The number of rotatable bonds is 6. The van der Waals surface area contributed by atoms with E-state index in [0.29, 0.717) is 17.1 Å². The minimum Gasteiger partial charge on any atom is -0.370 e. The van der Waals surface area contributed by atoms with E-state index in [9.17, 15) is 14.0 Å². The van der Waals surface area contributed by atoms with Crippen molar-refractivity contribution in [2.45, 2.75) is 13.0 Å². The molecule has 2 amide bonds. The van der Waals surface area contributed by atoms with Crippen LogP contribution in [0.4, 0.5) is 21.5 Å². The van der Waals surface area contributed by atoms with E-state index in [2.05, 4.69) is 16.0 Å². The number of anilines is 3. The van der Waals surface area contributed by atoms with Gasteiger partial charge in [0.25, 0.3) is 5.91 Å². The fraction of sp³-hybridized carbons (Fsp3) is 0.0909. The smallest absolute Gasteiger partial charge is 0.251 e. The highest BCUT2D eigenvalue weighted by Crippen LogP contribution is 2.24. The Balaban J connectivity index is 1.84. The number of amides is 2. The summed E-state index contributed by atoms with van der Waals surface area (Å²) in [5, 5.41) is 8.72. The zero-order valence-electron chi connectivity index (χ0n) is 15.3. The third-order valence-electron chi connectivity index (χ3n) is 4.00. The second-order valence-corrected chi connectivity index (χ2v) is 6.25. The van der Waals surface area contributed by atoms with Crippen molar-refractivity contribution < 1.29 is 14.0 Å². The molecule has 6 heteroatoms. The second-order valence-electron chi connectivity index (χ2n) is 6.25. The molecule has 28 heavy (non-hydrogen) atoms. The molecule has 0 aromatic heterocycles. The first-order valence-electron chi connectivity index (χ1n) is 8.77. The van der Waals surface area contributed by atoms with Gasteiger partial charge in [0, 0.05) is 24.0 Å². The molecule has 0 fully saturated rings. The Morgan fingerprint density at radius 1 is 0.786 bits per heavy atom. The molecule has 3 rings (SSSR count). The maximum absolute atomic E-state index is 13.1. The Hall–Kier alpha value is -3.67. The van der Waals surface area contributed by atoms with Gasteiger partial charge >= 0.3 is 0 Å². The van der Waals surface area contributed by atoms with Gasteiger partial charge < -0.3 is 16.0 Å². The average molecular weight is 377 g/mol. The summed E-state index contributed by atoms with van der Waals surface area (Å²) in [6.07, 6.45) is 0. The molecule has 0 unspecified atom stereocenters. The van der Waals surface area contributed by atoms with E-state index in [0.717, 1.165) is 5.56 Å². The second kappa shape index (κ2) is 8.81. The van der Waals surface area contributed by atoms with Gasteiger partial charge in [-0.25, -0.2) is 4.39 Å². The highest BCUT2D eigenvalue weighted by Gasteiger charge is 2.21. The molecular formula is C22H20FN3O2.